The van der Waals surface area contributed by atoms with Gasteiger partial charge in [0.15, 0.2) is 17.5 Å². The summed E-state index contributed by atoms with van der Waals surface area (Å²) in [5, 5.41) is 4.50. The fourth-order valence-electron chi connectivity index (χ4n) is 7.70. The van der Waals surface area contributed by atoms with Crippen LogP contribution in [0, 0.1) is 0 Å². The van der Waals surface area contributed by atoms with E-state index in [2.05, 4.69) is 97.1 Å². The van der Waals surface area contributed by atoms with Crippen LogP contribution in [0.1, 0.15) is 0 Å². The Kier molecular flexibility index (Phi) is 6.79. The van der Waals surface area contributed by atoms with Crippen LogP contribution in [0.5, 0.6) is 11.5 Å². The van der Waals surface area contributed by atoms with Crippen molar-refractivity contribution in [2.24, 2.45) is 0 Å². The molecule has 0 N–H and O–H groups in total. The Bertz CT molecular complexity index is 3000. The highest BCUT2D eigenvalue weighted by Crippen LogP contribution is 2.49. The third kappa shape index (κ3) is 4.98. The molecule has 1 aliphatic heterocycles. The molecule has 2 aromatic heterocycles. The highest BCUT2D eigenvalue weighted by molar-refractivity contribution is 6.10. The molecule has 0 saturated heterocycles. The summed E-state index contributed by atoms with van der Waals surface area (Å²) in [7, 11) is 0. The van der Waals surface area contributed by atoms with E-state index in [-0.39, 0.29) is 0 Å². The van der Waals surface area contributed by atoms with Gasteiger partial charge in [0.1, 0.15) is 22.7 Å². The van der Waals surface area contributed by atoms with E-state index >= 15 is 0 Å². The number of para-hydroxylation sites is 1. The fourth-order valence-corrected chi connectivity index (χ4v) is 7.70. The molecule has 0 amide bonds. The monoisotopic (exact) mass is 691 g/mol. The van der Waals surface area contributed by atoms with Crippen LogP contribution in [0.25, 0.3) is 100 Å². The zero-order chi connectivity index (χ0) is 35.6. The predicted molar refractivity (Wildman–Crippen MR) is 217 cm³/mol. The van der Waals surface area contributed by atoms with E-state index < -0.39 is 0 Å². The number of hydrogen-bond acceptors (Lipinski definition) is 5. The van der Waals surface area contributed by atoms with Gasteiger partial charge in [0.25, 0.3) is 0 Å². The number of benzene rings is 8. The first kappa shape index (κ1) is 30.3. The molecule has 3 heterocycles. The summed E-state index contributed by atoms with van der Waals surface area (Å²) in [4.78, 5) is 14.7. The van der Waals surface area contributed by atoms with Gasteiger partial charge in [-0.15, -0.1) is 0 Å². The first-order valence-electron chi connectivity index (χ1n) is 18.0. The lowest BCUT2D eigenvalue weighted by Crippen LogP contribution is -2.00. The Balaban J connectivity index is 0.952. The molecule has 54 heavy (non-hydrogen) atoms. The van der Waals surface area contributed by atoms with Crippen molar-refractivity contribution in [1.29, 1.82) is 0 Å². The van der Waals surface area contributed by atoms with Crippen LogP contribution in [-0.4, -0.2) is 15.0 Å². The first-order chi connectivity index (χ1) is 26.7. The SMILES string of the molecule is c1ccc(-c2nc(-c3ccccc3)nc(-c3ccc(-c4ccc5c6c(cccc46)-c4ccc(-c6ccc7c(c6)oc6ccccc67)cc4O5)cc3)n2)cc1. The molecule has 0 atom stereocenters. The van der Waals surface area contributed by atoms with Crippen LogP contribution in [0.3, 0.4) is 0 Å². The average molecular weight is 692 g/mol. The van der Waals surface area contributed by atoms with E-state index in [1.165, 1.54) is 0 Å². The summed E-state index contributed by atoms with van der Waals surface area (Å²) >= 11 is 0. The lowest BCUT2D eigenvalue weighted by Gasteiger charge is -2.23. The molecular formula is C49H29N3O2. The summed E-state index contributed by atoms with van der Waals surface area (Å²) in [6.45, 7) is 0. The molecule has 0 spiro atoms. The molecule has 5 nitrogen and oxygen atoms in total. The predicted octanol–water partition coefficient (Wildman–Crippen LogP) is 13.0. The minimum absolute atomic E-state index is 0.632. The number of rotatable bonds is 5. The fraction of sp³-hybridized carbons (Fsp3) is 0. The van der Waals surface area contributed by atoms with Gasteiger partial charge in [0.05, 0.1) is 0 Å². The van der Waals surface area contributed by atoms with Gasteiger partial charge in [0, 0.05) is 38.4 Å². The summed E-state index contributed by atoms with van der Waals surface area (Å²) in [6.07, 6.45) is 0. The average Bonchev–Trinajstić information content (AvgIpc) is 3.62. The van der Waals surface area contributed by atoms with E-state index in [1.54, 1.807) is 0 Å². The molecule has 0 saturated carbocycles. The van der Waals surface area contributed by atoms with E-state index in [1.807, 2.05) is 78.9 Å². The molecule has 0 unspecified atom stereocenters. The van der Waals surface area contributed by atoms with E-state index in [9.17, 15) is 0 Å². The maximum atomic E-state index is 6.66. The standard InChI is InChI=1S/C49H29N3O2/c1-3-10-31(11-4-1)47-50-48(32-12-5-2-6-13-32)52-49(51-47)33-20-18-30(19-21-33)36-26-27-43-46-40(36)15-9-16-41(46)39-25-23-35(29-45(39)54-43)34-22-24-38-37-14-7-8-17-42(37)53-44(38)28-34/h1-29H. The van der Waals surface area contributed by atoms with Crippen molar-refractivity contribution in [3.05, 3.63) is 176 Å². The Hall–Kier alpha value is -7.37. The van der Waals surface area contributed by atoms with E-state index in [0.717, 1.165) is 94.3 Å². The van der Waals surface area contributed by atoms with Gasteiger partial charge in [-0.05, 0) is 69.6 Å². The minimum Gasteiger partial charge on any atom is -0.456 e. The number of aromatic nitrogens is 3. The minimum atomic E-state index is 0.632. The normalized spacial score (nSPS) is 11.9. The van der Waals surface area contributed by atoms with Crippen LogP contribution < -0.4 is 4.74 Å². The number of furan rings is 1. The van der Waals surface area contributed by atoms with Crippen molar-refractivity contribution in [3.63, 3.8) is 0 Å². The Morgan fingerprint density at radius 1 is 0.315 bits per heavy atom. The van der Waals surface area contributed by atoms with Crippen molar-refractivity contribution in [2.45, 2.75) is 0 Å². The lowest BCUT2D eigenvalue weighted by atomic mass is 9.89. The van der Waals surface area contributed by atoms with Crippen LogP contribution >= 0.6 is 0 Å². The van der Waals surface area contributed by atoms with Crippen LogP contribution in [0.4, 0.5) is 0 Å². The van der Waals surface area contributed by atoms with E-state index in [0.29, 0.717) is 17.5 Å². The second kappa shape index (κ2) is 12.1. The van der Waals surface area contributed by atoms with Crippen molar-refractivity contribution in [2.75, 3.05) is 0 Å². The zero-order valence-electron chi connectivity index (χ0n) is 28.9. The number of nitrogens with zero attached hydrogens (tertiary/aromatic N) is 3. The number of hydrogen-bond donors (Lipinski definition) is 0. The molecule has 0 fully saturated rings. The highest BCUT2D eigenvalue weighted by atomic mass is 16.5. The highest BCUT2D eigenvalue weighted by Gasteiger charge is 2.23. The Morgan fingerprint density at radius 3 is 1.61 bits per heavy atom. The summed E-state index contributed by atoms with van der Waals surface area (Å²) in [6, 6.07) is 60.4. The van der Waals surface area contributed by atoms with Crippen molar-refractivity contribution < 1.29 is 9.15 Å². The molecule has 10 aromatic rings. The summed E-state index contributed by atoms with van der Waals surface area (Å²) in [5.74, 6) is 3.62. The quantitative estimate of drug-likeness (QED) is 0.180. The molecule has 5 heteroatoms. The third-order valence-corrected chi connectivity index (χ3v) is 10.4. The molecule has 1 aliphatic rings. The maximum absolute atomic E-state index is 6.66. The van der Waals surface area contributed by atoms with Gasteiger partial charge in [-0.25, -0.2) is 15.0 Å². The summed E-state index contributed by atoms with van der Waals surface area (Å²) < 4.78 is 12.9. The first-order valence-corrected chi connectivity index (χ1v) is 18.0. The van der Waals surface area contributed by atoms with Crippen molar-refractivity contribution in [1.82, 2.24) is 15.0 Å². The smallest absolute Gasteiger partial charge is 0.164 e. The topological polar surface area (TPSA) is 61.0 Å². The molecule has 0 bridgehead atoms. The maximum Gasteiger partial charge on any atom is 0.164 e. The molecule has 0 radical (unpaired) electrons. The van der Waals surface area contributed by atoms with Gasteiger partial charge in [-0.2, -0.15) is 0 Å². The van der Waals surface area contributed by atoms with Gasteiger partial charge >= 0.3 is 0 Å². The second-order valence-electron chi connectivity index (χ2n) is 13.6. The lowest BCUT2D eigenvalue weighted by molar-refractivity contribution is 0.487. The van der Waals surface area contributed by atoms with Gasteiger partial charge in [-0.1, -0.05) is 140 Å². The van der Waals surface area contributed by atoms with Crippen molar-refractivity contribution >= 4 is 32.7 Å². The molecular weight excluding hydrogens is 663 g/mol. The third-order valence-electron chi connectivity index (χ3n) is 10.4. The Labute approximate surface area is 310 Å². The zero-order valence-corrected chi connectivity index (χ0v) is 28.9. The van der Waals surface area contributed by atoms with Gasteiger partial charge in [-0.3, -0.25) is 0 Å². The Morgan fingerprint density at radius 2 is 0.870 bits per heavy atom. The van der Waals surface area contributed by atoms with Crippen LogP contribution in [0.15, 0.2) is 180 Å². The van der Waals surface area contributed by atoms with Crippen LogP contribution in [0.2, 0.25) is 0 Å². The largest absolute Gasteiger partial charge is 0.456 e. The van der Waals surface area contributed by atoms with Crippen LogP contribution in [-0.2, 0) is 0 Å². The van der Waals surface area contributed by atoms with Gasteiger partial charge < -0.3 is 9.15 Å². The molecule has 0 aliphatic carbocycles. The molecule has 252 valence electrons. The number of fused-ring (bicyclic) bond motifs is 5. The van der Waals surface area contributed by atoms with Crippen molar-refractivity contribution in [3.8, 4) is 79.0 Å². The molecule has 8 aromatic carbocycles. The van der Waals surface area contributed by atoms with Gasteiger partial charge in [0.2, 0.25) is 0 Å². The second-order valence-corrected chi connectivity index (χ2v) is 13.6. The van der Waals surface area contributed by atoms with E-state index in [4.69, 9.17) is 24.1 Å². The summed E-state index contributed by atoms with van der Waals surface area (Å²) in [5.41, 5.74) is 11.2. The molecule has 11 rings (SSSR count). The number of ether oxygens (including phenoxy) is 1.